The molecule has 0 spiro atoms. The number of aryl methyl sites for hydroxylation is 1. The molecule has 0 aliphatic carbocycles. The summed E-state index contributed by atoms with van der Waals surface area (Å²) in [6.07, 6.45) is 6.27. The predicted molar refractivity (Wildman–Crippen MR) is 125 cm³/mol. The van der Waals surface area contributed by atoms with Gasteiger partial charge in [0, 0.05) is 23.8 Å². The first kappa shape index (κ1) is 20.9. The number of hydrogen-bond donors (Lipinski definition) is 1. The minimum Gasteiger partial charge on any atom is -0.350 e. The van der Waals surface area contributed by atoms with Crippen molar-refractivity contribution in [3.63, 3.8) is 0 Å². The quantitative estimate of drug-likeness (QED) is 0.589. The highest BCUT2D eigenvalue weighted by Crippen LogP contribution is 2.41. The number of thioether (sulfide) groups is 1. The Bertz CT molecular complexity index is 1110. The summed E-state index contributed by atoms with van der Waals surface area (Å²) in [7, 11) is 0. The fraction of sp³-hybridized carbons (Fsp3) is 0.160. The van der Waals surface area contributed by atoms with Crippen LogP contribution in [0.4, 0.5) is 5.69 Å². The number of amides is 2. The highest BCUT2D eigenvalue weighted by Gasteiger charge is 2.30. The van der Waals surface area contributed by atoms with Crippen molar-refractivity contribution >= 4 is 35.3 Å². The highest BCUT2D eigenvalue weighted by molar-refractivity contribution is 8.04. The summed E-state index contributed by atoms with van der Waals surface area (Å²) >= 11 is 1.44. The summed E-state index contributed by atoms with van der Waals surface area (Å²) in [6, 6.07) is 19.6. The van der Waals surface area contributed by atoms with E-state index in [0.29, 0.717) is 11.4 Å². The number of fused-ring (bicyclic) bond motifs is 1. The molecule has 4 rings (SSSR count). The lowest BCUT2D eigenvalue weighted by Crippen LogP contribution is -2.42. The first-order valence-corrected chi connectivity index (χ1v) is 11.0. The van der Waals surface area contributed by atoms with E-state index >= 15 is 0 Å². The Hall–Kier alpha value is -3.38. The molecule has 5 nitrogen and oxygen atoms in total. The van der Waals surface area contributed by atoms with Crippen molar-refractivity contribution < 1.29 is 9.59 Å². The SMILES string of the molecule is CCc1ccc(/C=C2/Sc3ccccc3N(CC(=O)NCc3cccnc3)C2=O)cc1. The summed E-state index contributed by atoms with van der Waals surface area (Å²) in [6.45, 7) is 2.45. The number of hydrogen-bond acceptors (Lipinski definition) is 4. The second kappa shape index (κ2) is 9.62. The van der Waals surface area contributed by atoms with Crippen LogP contribution in [0.25, 0.3) is 6.08 Å². The smallest absolute Gasteiger partial charge is 0.265 e. The standard InChI is InChI=1S/C25H23N3O2S/c1-2-18-9-11-19(12-10-18)14-23-25(30)28(21-7-3-4-8-22(21)31-23)17-24(29)27-16-20-6-5-13-26-15-20/h3-15H,2,16-17H2,1H3,(H,27,29)/b23-14+. The fourth-order valence-electron chi connectivity index (χ4n) is 3.32. The average molecular weight is 430 g/mol. The molecule has 0 saturated heterocycles. The first-order valence-electron chi connectivity index (χ1n) is 10.2. The van der Waals surface area contributed by atoms with Crippen LogP contribution in [0, 0.1) is 0 Å². The molecule has 0 saturated carbocycles. The molecule has 1 aromatic heterocycles. The van der Waals surface area contributed by atoms with Crippen LogP contribution >= 0.6 is 11.8 Å². The van der Waals surface area contributed by atoms with Crippen molar-refractivity contribution in [2.24, 2.45) is 0 Å². The van der Waals surface area contributed by atoms with Gasteiger partial charge in [0.25, 0.3) is 5.91 Å². The molecular formula is C25H23N3O2S. The van der Waals surface area contributed by atoms with Gasteiger partial charge in [0.1, 0.15) is 6.54 Å². The van der Waals surface area contributed by atoms with Crippen molar-refractivity contribution in [3.8, 4) is 0 Å². The van der Waals surface area contributed by atoms with Gasteiger partial charge in [0.2, 0.25) is 5.91 Å². The molecule has 156 valence electrons. The predicted octanol–water partition coefficient (Wildman–Crippen LogP) is 4.44. The van der Waals surface area contributed by atoms with Gasteiger partial charge in [-0.05, 0) is 47.4 Å². The Morgan fingerprint density at radius 1 is 1.06 bits per heavy atom. The summed E-state index contributed by atoms with van der Waals surface area (Å²) < 4.78 is 0. The zero-order chi connectivity index (χ0) is 21.6. The summed E-state index contributed by atoms with van der Waals surface area (Å²) in [4.78, 5) is 33.1. The molecule has 3 aromatic rings. The molecule has 0 atom stereocenters. The van der Waals surface area contributed by atoms with E-state index in [9.17, 15) is 9.59 Å². The van der Waals surface area contributed by atoms with E-state index in [0.717, 1.165) is 28.1 Å². The maximum atomic E-state index is 13.3. The van der Waals surface area contributed by atoms with Gasteiger partial charge in [-0.15, -0.1) is 0 Å². The largest absolute Gasteiger partial charge is 0.350 e. The Morgan fingerprint density at radius 2 is 1.87 bits per heavy atom. The van der Waals surface area contributed by atoms with Gasteiger partial charge in [-0.25, -0.2) is 0 Å². The third-order valence-electron chi connectivity index (χ3n) is 5.03. The van der Waals surface area contributed by atoms with Crippen LogP contribution in [0.2, 0.25) is 0 Å². The molecule has 0 radical (unpaired) electrons. The molecule has 2 aromatic carbocycles. The van der Waals surface area contributed by atoms with Gasteiger partial charge in [-0.2, -0.15) is 0 Å². The van der Waals surface area contributed by atoms with Crippen LogP contribution in [0.5, 0.6) is 0 Å². The lowest BCUT2D eigenvalue weighted by molar-refractivity contribution is -0.122. The molecule has 0 unspecified atom stereocenters. The molecular weight excluding hydrogens is 406 g/mol. The number of benzene rings is 2. The van der Waals surface area contributed by atoms with Crippen molar-refractivity contribution in [2.75, 3.05) is 11.4 Å². The van der Waals surface area contributed by atoms with E-state index < -0.39 is 0 Å². The first-order chi connectivity index (χ1) is 15.1. The number of carbonyl (C=O) groups excluding carboxylic acids is 2. The summed E-state index contributed by atoms with van der Waals surface area (Å²) in [5.74, 6) is -0.384. The lowest BCUT2D eigenvalue weighted by Gasteiger charge is -2.29. The molecule has 1 aliphatic rings. The van der Waals surface area contributed by atoms with Gasteiger partial charge in [0.15, 0.2) is 0 Å². The Kier molecular flexibility index (Phi) is 6.48. The monoisotopic (exact) mass is 429 g/mol. The van der Waals surface area contributed by atoms with Crippen LogP contribution in [0.15, 0.2) is 82.9 Å². The molecule has 2 heterocycles. The Balaban J connectivity index is 1.54. The zero-order valence-electron chi connectivity index (χ0n) is 17.2. The third-order valence-corrected chi connectivity index (χ3v) is 6.11. The molecule has 2 amide bonds. The highest BCUT2D eigenvalue weighted by atomic mass is 32.2. The second-order valence-electron chi connectivity index (χ2n) is 7.20. The Labute approximate surface area is 186 Å². The number of nitrogens with zero attached hydrogens (tertiary/aromatic N) is 2. The van der Waals surface area contributed by atoms with Crippen LogP contribution in [0.3, 0.4) is 0 Å². The van der Waals surface area contributed by atoms with Gasteiger partial charge in [-0.3, -0.25) is 19.5 Å². The van der Waals surface area contributed by atoms with Crippen molar-refractivity contribution in [1.29, 1.82) is 0 Å². The van der Waals surface area contributed by atoms with Gasteiger partial charge in [-0.1, -0.05) is 61.2 Å². The Morgan fingerprint density at radius 3 is 2.61 bits per heavy atom. The minimum atomic E-state index is -0.217. The number of carbonyl (C=O) groups is 2. The van der Waals surface area contributed by atoms with Crippen molar-refractivity contribution in [2.45, 2.75) is 24.8 Å². The van der Waals surface area contributed by atoms with E-state index in [2.05, 4.69) is 29.4 Å². The normalized spacial score (nSPS) is 14.4. The molecule has 0 bridgehead atoms. The van der Waals surface area contributed by atoms with E-state index in [-0.39, 0.29) is 18.4 Å². The molecule has 1 N–H and O–H groups in total. The maximum absolute atomic E-state index is 13.3. The van der Waals surface area contributed by atoms with Gasteiger partial charge < -0.3 is 5.32 Å². The fourth-order valence-corrected chi connectivity index (χ4v) is 4.38. The minimum absolute atomic E-state index is 0.0389. The van der Waals surface area contributed by atoms with E-state index in [4.69, 9.17) is 0 Å². The lowest BCUT2D eigenvalue weighted by atomic mass is 10.1. The molecule has 6 heteroatoms. The van der Waals surface area contributed by atoms with Crippen LogP contribution < -0.4 is 10.2 Å². The molecule has 1 aliphatic heterocycles. The number of aromatic nitrogens is 1. The van der Waals surface area contributed by atoms with Crippen LogP contribution in [0.1, 0.15) is 23.6 Å². The van der Waals surface area contributed by atoms with Crippen molar-refractivity contribution in [1.82, 2.24) is 10.3 Å². The topological polar surface area (TPSA) is 62.3 Å². The number of anilines is 1. The van der Waals surface area contributed by atoms with E-state index in [1.54, 1.807) is 17.3 Å². The van der Waals surface area contributed by atoms with E-state index in [1.165, 1.54) is 17.3 Å². The van der Waals surface area contributed by atoms with Gasteiger partial charge in [0.05, 0.1) is 10.6 Å². The van der Waals surface area contributed by atoms with Crippen LogP contribution in [-0.2, 0) is 22.6 Å². The average Bonchev–Trinajstić information content (AvgIpc) is 2.81. The molecule has 0 fully saturated rings. The summed E-state index contributed by atoms with van der Waals surface area (Å²) in [5, 5.41) is 2.88. The van der Waals surface area contributed by atoms with E-state index in [1.807, 2.05) is 54.6 Å². The maximum Gasteiger partial charge on any atom is 0.265 e. The molecule has 31 heavy (non-hydrogen) atoms. The van der Waals surface area contributed by atoms with Crippen molar-refractivity contribution in [3.05, 3.63) is 94.7 Å². The number of pyridine rings is 1. The van der Waals surface area contributed by atoms with Crippen LogP contribution in [-0.4, -0.2) is 23.3 Å². The number of rotatable bonds is 6. The number of para-hydroxylation sites is 1. The van der Waals surface area contributed by atoms with Gasteiger partial charge >= 0.3 is 0 Å². The number of nitrogens with one attached hydrogen (secondary N) is 1. The third kappa shape index (κ3) is 5.03. The summed E-state index contributed by atoms with van der Waals surface area (Å²) in [5.41, 5.74) is 3.89. The zero-order valence-corrected chi connectivity index (χ0v) is 18.1. The second-order valence-corrected chi connectivity index (χ2v) is 8.29.